The maximum Gasteiger partial charge on any atom is 0.129 e. The molecule has 3 rings (SSSR count). The van der Waals surface area contributed by atoms with Crippen molar-refractivity contribution in [3.63, 3.8) is 0 Å². The van der Waals surface area contributed by atoms with E-state index in [2.05, 4.69) is 59.8 Å². The maximum absolute atomic E-state index is 5.77. The van der Waals surface area contributed by atoms with Gasteiger partial charge in [0.2, 0.25) is 0 Å². The molecule has 0 saturated heterocycles. The second-order valence-corrected chi connectivity index (χ2v) is 8.09. The van der Waals surface area contributed by atoms with Crippen molar-refractivity contribution in [2.45, 2.75) is 52.6 Å². The maximum atomic E-state index is 5.77. The first kappa shape index (κ1) is 20.3. The number of rotatable bonds is 8. The highest BCUT2D eigenvalue weighted by Crippen LogP contribution is 2.37. The summed E-state index contributed by atoms with van der Waals surface area (Å²) in [6, 6.07) is 15.0. The van der Waals surface area contributed by atoms with Gasteiger partial charge in [-0.25, -0.2) is 0 Å². The smallest absolute Gasteiger partial charge is 0.129 e. The fourth-order valence-corrected chi connectivity index (χ4v) is 3.28. The van der Waals surface area contributed by atoms with E-state index in [1.165, 1.54) is 16.7 Å². The van der Waals surface area contributed by atoms with Gasteiger partial charge in [0.25, 0.3) is 0 Å². The lowest BCUT2D eigenvalue weighted by Crippen LogP contribution is -2.17. The Balaban J connectivity index is 1.79. The molecule has 0 N–H and O–H groups in total. The summed E-state index contributed by atoms with van der Waals surface area (Å²) in [5.74, 6) is 0. The lowest BCUT2D eigenvalue weighted by molar-refractivity contribution is 0.00121. The monoisotopic (exact) mass is 377 g/mol. The number of benzene rings is 2. The van der Waals surface area contributed by atoms with Crippen LogP contribution in [0.15, 0.2) is 53.7 Å². The van der Waals surface area contributed by atoms with Crippen LogP contribution in [0, 0.1) is 0 Å². The van der Waals surface area contributed by atoms with Crippen LogP contribution in [0.3, 0.4) is 0 Å². The molecule has 0 aliphatic heterocycles. The Morgan fingerprint density at radius 2 is 1.68 bits per heavy atom. The topological polar surface area (TPSA) is 30.8 Å². The van der Waals surface area contributed by atoms with Gasteiger partial charge < -0.3 is 9.57 Å². The van der Waals surface area contributed by atoms with Crippen LogP contribution >= 0.6 is 0 Å². The Kier molecular flexibility index (Phi) is 6.69. The van der Waals surface area contributed by atoms with Crippen molar-refractivity contribution in [3.05, 3.63) is 65.2 Å². The molecular formula is C25H31NO2. The van der Waals surface area contributed by atoms with E-state index in [0.717, 1.165) is 49.3 Å². The molecule has 1 aliphatic carbocycles. The molecule has 28 heavy (non-hydrogen) atoms. The van der Waals surface area contributed by atoms with Crippen LogP contribution in [-0.2, 0) is 9.57 Å². The summed E-state index contributed by atoms with van der Waals surface area (Å²) in [5, 5.41) is 4.54. The second kappa shape index (κ2) is 9.20. The van der Waals surface area contributed by atoms with Crippen molar-refractivity contribution in [2.75, 3.05) is 13.2 Å². The lowest BCUT2D eigenvalue weighted by atomic mass is 10.0. The Morgan fingerprint density at radius 1 is 0.929 bits per heavy atom. The van der Waals surface area contributed by atoms with E-state index in [1.54, 1.807) is 0 Å². The van der Waals surface area contributed by atoms with Crippen molar-refractivity contribution in [1.29, 1.82) is 0 Å². The third-order valence-electron chi connectivity index (χ3n) is 4.61. The van der Waals surface area contributed by atoms with Crippen molar-refractivity contribution < 1.29 is 9.57 Å². The third kappa shape index (κ3) is 5.11. The highest BCUT2D eigenvalue weighted by atomic mass is 16.6. The molecular weight excluding hydrogens is 346 g/mol. The van der Waals surface area contributed by atoms with E-state index in [9.17, 15) is 0 Å². The number of hydrogen-bond acceptors (Lipinski definition) is 3. The van der Waals surface area contributed by atoms with Crippen LogP contribution < -0.4 is 0 Å². The summed E-state index contributed by atoms with van der Waals surface area (Å²) in [4.78, 5) is 5.77. The first-order valence-electron chi connectivity index (χ1n) is 10.2. The molecule has 0 bridgehead atoms. The van der Waals surface area contributed by atoms with Crippen LogP contribution in [-0.4, -0.2) is 24.5 Å². The molecule has 3 heteroatoms. The standard InChI is InChI=1S/C25H31NO2/c1-5-27-17-11-7-6-8-12-19-15-16-21-20-13-9-10-14-22(20)24(23(21)18-19)26-28-25(2,3)4/h8-10,12-16,18H,5-7,11,17H2,1-4H3/b12-8+,26-24-. The minimum Gasteiger partial charge on any atom is -0.390 e. The zero-order valence-electron chi connectivity index (χ0n) is 17.5. The molecule has 0 atom stereocenters. The zero-order valence-corrected chi connectivity index (χ0v) is 17.5. The molecule has 0 radical (unpaired) electrons. The number of hydrogen-bond donors (Lipinski definition) is 0. The van der Waals surface area contributed by atoms with Gasteiger partial charge >= 0.3 is 0 Å². The van der Waals surface area contributed by atoms with Crippen LogP contribution in [0.25, 0.3) is 17.2 Å². The summed E-state index contributed by atoms with van der Waals surface area (Å²) < 4.78 is 5.39. The molecule has 2 aromatic carbocycles. The lowest BCUT2D eigenvalue weighted by Gasteiger charge is -2.16. The molecule has 1 aliphatic rings. The summed E-state index contributed by atoms with van der Waals surface area (Å²) in [6.45, 7) is 9.75. The van der Waals surface area contributed by atoms with E-state index in [4.69, 9.17) is 9.57 Å². The van der Waals surface area contributed by atoms with Gasteiger partial charge in [0.15, 0.2) is 0 Å². The van der Waals surface area contributed by atoms with Gasteiger partial charge in [0.1, 0.15) is 11.3 Å². The van der Waals surface area contributed by atoms with E-state index in [1.807, 2.05) is 27.7 Å². The molecule has 2 aromatic rings. The van der Waals surface area contributed by atoms with Gasteiger partial charge in [0, 0.05) is 24.3 Å². The predicted molar refractivity (Wildman–Crippen MR) is 118 cm³/mol. The minimum atomic E-state index is -0.316. The number of allylic oxidation sites excluding steroid dienone is 1. The first-order valence-corrected chi connectivity index (χ1v) is 10.2. The van der Waals surface area contributed by atoms with Gasteiger partial charge in [-0.1, -0.05) is 53.7 Å². The molecule has 0 aromatic heterocycles. The number of nitrogens with zero attached hydrogens (tertiary/aromatic N) is 1. The van der Waals surface area contributed by atoms with Crippen LogP contribution in [0.5, 0.6) is 0 Å². The number of fused-ring (bicyclic) bond motifs is 3. The Labute approximate surface area is 169 Å². The quantitative estimate of drug-likeness (QED) is 0.333. The number of unbranched alkanes of at least 4 members (excludes halogenated alkanes) is 2. The fourth-order valence-electron chi connectivity index (χ4n) is 3.28. The molecule has 0 spiro atoms. The number of ether oxygens (including phenoxy) is 1. The van der Waals surface area contributed by atoms with Gasteiger partial charge in [-0.2, -0.15) is 0 Å². The predicted octanol–water partition coefficient (Wildman–Crippen LogP) is 6.45. The summed E-state index contributed by atoms with van der Waals surface area (Å²) in [7, 11) is 0. The molecule has 0 fully saturated rings. The number of oxime groups is 1. The summed E-state index contributed by atoms with van der Waals surface area (Å²) in [5.41, 5.74) is 6.53. The van der Waals surface area contributed by atoms with Gasteiger partial charge in [0.05, 0.1) is 0 Å². The highest BCUT2D eigenvalue weighted by molar-refractivity contribution is 6.24. The average Bonchev–Trinajstić information content (AvgIpc) is 2.98. The average molecular weight is 378 g/mol. The van der Waals surface area contributed by atoms with Crippen molar-refractivity contribution in [3.8, 4) is 11.1 Å². The Bertz CT molecular complexity index is 859. The van der Waals surface area contributed by atoms with Crippen molar-refractivity contribution in [1.82, 2.24) is 0 Å². The molecule has 0 amide bonds. The molecule has 0 heterocycles. The third-order valence-corrected chi connectivity index (χ3v) is 4.61. The van der Waals surface area contributed by atoms with Gasteiger partial charge in [-0.3, -0.25) is 0 Å². The van der Waals surface area contributed by atoms with E-state index in [-0.39, 0.29) is 5.60 Å². The molecule has 148 valence electrons. The largest absolute Gasteiger partial charge is 0.390 e. The summed E-state index contributed by atoms with van der Waals surface area (Å²) in [6.07, 6.45) is 7.78. The van der Waals surface area contributed by atoms with Crippen LogP contribution in [0.1, 0.15) is 63.6 Å². The van der Waals surface area contributed by atoms with Crippen molar-refractivity contribution >= 4 is 11.8 Å². The molecule has 0 unspecified atom stereocenters. The van der Waals surface area contributed by atoms with Crippen LogP contribution in [0.2, 0.25) is 0 Å². The second-order valence-electron chi connectivity index (χ2n) is 8.09. The van der Waals surface area contributed by atoms with Gasteiger partial charge in [-0.15, -0.1) is 0 Å². The fraction of sp³-hybridized carbons (Fsp3) is 0.400. The van der Waals surface area contributed by atoms with E-state index in [0.29, 0.717) is 0 Å². The van der Waals surface area contributed by atoms with Gasteiger partial charge in [-0.05, 0) is 69.7 Å². The zero-order chi connectivity index (χ0) is 20.0. The molecule has 0 saturated carbocycles. The summed E-state index contributed by atoms with van der Waals surface area (Å²) >= 11 is 0. The normalized spacial score (nSPS) is 14.5. The highest BCUT2D eigenvalue weighted by Gasteiger charge is 2.26. The van der Waals surface area contributed by atoms with Crippen molar-refractivity contribution in [2.24, 2.45) is 5.16 Å². The minimum absolute atomic E-state index is 0.316. The first-order chi connectivity index (χ1) is 13.5. The Morgan fingerprint density at radius 3 is 2.43 bits per heavy atom. The Hall–Kier alpha value is -2.39. The van der Waals surface area contributed by atoms with E-state index < -0.39 is 0 Å². The van der Waals surface area contributed by atoms with Crippen LogP contribution in [0.4, 0.5) is 0 Å². The molecule has 3 nitrogen and oxygen atoms in total. The van der Waals surface area contributed by atoms with E-state index >= 15 is 0 Å². The SMILES string of the molecule is CCOCCCC/C=C/c1ccc2c(c1)/C(=N\OC(C)(C)C)c1ccccc1-2.